The summed E-state index contributed by atoms with van der Waals surface area (Å²) in [4.78, 5) is 21.2. The molecule has 0 heterocycles. The molecule has 0 unspecified atom stereocenters. The summed E-state index contributed by atoms with van der Waals surface area (Å²) in [6.45, 7) is 0.343. The third-order valence-electron chi connectivity index (χ3n) is 1.11. The first-order valence-corrected chi connectivity index (χ1v) is 5.78. The minimum atomic E-state index is -0.962. The van der Waals surface area contributed by atoms with E-state index in [-0.39, 0.29) is 12.3 Å². The van der Waals surface area contributed by atoms with Crippen LogP contribution in [-0.2, 0) is 9.59 Å². The Balaban J connectivity index is 3.55. The van der Waals surface area contributed by atoms with Crippen molar-refractivity contribution in [3.05, 3.63) is 0 Å². The minimum Gasteiger partial charge on any atom is -0.481 e. The van der Waals surface area contributed by atoms with Crippen LogP contribution < -0.4 is 5.32 Å². The van der Waals surface area contributed by atoms with E-state index in [9.17, 15) is 9.59 Å². The molecule has 0 rings (SSSR count). The van der Waals surface area contributed by atoms with Crippen LogP contribution in [0.4, 0.5) is 0 Å². The minimum absolute atomic E-state index is 0.0557. The summed E-state index contributed by atoms with van der Waals surface area (Å²) in [6, 6.07) is 0. The monoisotopic (exact) mass is 379 g/mol. The van der Waals surface area contributed by atoms with Crippen LogP contribution >= 0.6 is 47.8 Å². The molecule has 0 aromatic carbocycles. The first-order chi connectivity index (χ1) is 5.84. The number of alkyl halides is 3. The van der Waals surface area contributed by atoms with Crippen molar-refractivity contribution in [2.75, 3.05) is 6.54 Å². The maximum Gasteiger partial charge on any atom is 0.303 e. The fourth-order valence-electron chi connectivity index (χ4n) is 0.542. The maximum atomic E-state index is 11.1. The summed E-state index contributed by atoms with van der Waals surface area (Å²) in [5.74, 6) is -1.16. The Kier molecular flexibility index (Phi) is 6.15. The van der Waals surface area contributed by atoms with Gasteiger partial charge in [0.1, 0.15) is 0 Å². The average molecular weight is 382 g/mol. The van der Waals surface area contributed by atoms with Crippen LogP contribution in [-0.4, -0.2) is 25.7 Å². The Bertz CT molecular complexity index is 202. The first kappa shape index (κ1) is 13.4. The van der Waals surface area contributed by atoms with E-state index in [2.05, 4.69) is 53.1 Å². The Morgan fingerprint density at radius 2 is 1.85 bits per heavy atom. The van der Waals surface area contributed by atoms with Crippen molar-refractivity contribution in [2.45, 2.75) is 15.0 Å². The summed E-state index contributed by atoms with van der Waals surface area (Å²) in [6.07, 6.45) is 0.476. The van der Waals surface area contributed by atoms with Gasteiger partial charge in [-0.25, -0.2) is 0 Å². The number of carbonyl (C=O) groups excluding carboxylic acids is 1. The average Bonchev–Trinajstić information content (AvgIpc) is 1.95. The summed E-state index contributed by atoms with van der Waals surface area (Å²) in [5, 5.41) is 10.8. The van der Waals surface area contributed by atoms with Gasteiger partial charge in [0.25, 0.3) is 5.91 Å². The number of carboxylic acids is 1. The van der Waals surface area contributed by atoms with Crippen molar-refractivity contribution in [1.82, 2.24) is 5.32 Å². The largest absolute Gasteiger partial charge is 0.481 e. The van der Waals surface area contributed by atoms with Crippen LogP contribution in [0.25, 0.3) is 0 Å². The van der Waals surface area contributed by atoms with Crippen molar-refractivity contribution in [3.8, 4) is 0 Å². The second-order valence-electron chi connectivity index (χ2n) is 2.25. The molecule has 0 saturated carbocycles. The van der Waals surface area contributed by atoms with Gasteiger partial charge in [0.05, 0.1) is 0 Å². The van der Waals surface area contributed by atoms with Crippen LogP contribution in [0.15, 0.2) is 0 Å². The van der Waals surface area contributed by atoms with Gasteiger partial charge in [0.2, 0.25) is 2.14 Å². The smallest absolute Gasteiger partial charge is 0.303 e. The molecule has 0 spiro atoms. The van der Waals surface area contributed by atoms with Crippen LogP contribution in [0.1, 0.15) is 12.8 Å². The Morgan fingerprint density at radius 3 is 2.23 bits per heavy atom. The van der Waals surface area contributed by atoms with Crippen LogP contribution in [0.5, 0.6) is 0 Å². The molecule has 0 atom stereocenters. The number of hydrogen-bond acceptors (Lipinski definition) is 2. The molecular formula is C6H8Br3NO3. The SMILES string of the molecule is O=C(O)CCCNC(=O)C(Br)(Br)Br. The number of hydrogen-bond donors (Lipinski definition) is 2. The van der Waals surface area contributed by atoms with Crippen molar-refractivity contribution < 1.29 is 14.7 Å². The molecule has 76 valence electrons. The molecule has 0 aliphatic rings. The quantitative estimate of drug-likeness (QED) is 0.576. The normalized spacial score (nSPS) is 11.0. The molecule has 0 saturated heterocycles. The van der Waals surface area contributed by atoms with Gasteiger partial charge in [-0.1, -0.05) is 0 Å². The summed E-state index contributed by atoms with van der Waals surface area (Å²) >= 11 is 9.09. The highest BCUT2D eigenvalue weighted by molar-refractivity contribution is 9.40. The van der Waals surface area contributed by atoms with E-state index in [1.165, 1.54) is 0 Å². The lowest BCUT2D eigenvalue weighted by molar-refractivity contribution is -0.137. The van der Waals surface area contributed by atoms with E-state index in [0.717, 1.165) is 0 Å². The highest BCUT2D eigenvalue weighted by Gasteiger charge is 2.27. The predicted molar refractivity (Wildman–Crippen MR) is 59.4 cm³/mol. The molecule has 0 fully saturated rings. The van der Waals surface area contributed by atoms with Crippen LogP contribution in [0.2, 0.25) is 0 Å². The Morgan fingerprint density at radius 1 is 1.31 bits per heavy atom. The molecule has 0 bridgehead atoms. The molecule has 1 amide bonds. The Labute approximate surface area is 101 Å². The molecule has 13 heavy (non-hydrogen) atoms. The van der Waals surface area contributed by atoms with Gasteiger partial charge in [0.15, 0.2) is 0 Å². The van der Waals surface area contributed by atoms with Crippen LogP contribution in [0, 0.1) is 0 Å². The molecule has 0 aromatic rings. The number of carboxylic acid groups (broad SMARTS) is 1. The molecule has 4 nitrogen and oxygen atoms in total. The zero-order chi connectivity index (χ0) is 10.5. The van der Waals surface area contributed by atoms with Gasteiger partial charge < -0.3 is 10.4 Å². The highest BCUT2D eigenvalue weighted by atomic mass is 80.0. The Hall–Kier alpha value is 0.380. The molecule has 0 radical (unpaired) electrons. The zero-order valence-electron chi connectivity index (χ0n) is 6.52. The lowest BCUT2D eigenvalue weighted by atomic mass is 10.3. The molecule has 0 aliphatic heterocycles. The number of rotatable bonds is 4. The van der Waals surface area contributed by atoms with Gasteiger partial charge in [-0.2, -0.15) is 0 Å². The fourth-order valence-corrected chi connectivity index (χ4v) is 0.962. The molecule has 0 aromatic heterocycles. The standard InChI is InChI=1S/C6H8Br3NO3/c7-6(8,9)5(13)10-3-1-2-4(11)12/h1-3H2,(H,10,13)(H,11,12). The molecular weight excluding hydrogens is 374 g/mol. The van der Waals surface area contributed by atoms with Gasteiger partial charge in [-0.05, 0) is 54.2 Å². The maximum absolute atomic E-state index is 11.1. The number of halogens is 3. The van der Waals surface area contributed by atoms with E-state index in [1.54, 1.807) is 0 Å². The second kappa shape index (κ2) is 5.98. The van der Waals surface area contributed by atoms with Gasteiger partial charge in [0, 0.05) is 13.0 Å². The van der Waals surface area contributed by atoms with E-state index < -0.39 is 8.11 Å². The molecule has 0 aliphatic carbocycles. The third kappa shape index (κ3) is 7.45. The third-order valence-corrected chi connectivity index (χ3v) is 2.19. The fraction of sp³-hybridized carbons (Fsp3) is 0.667. The first-order valence-electron chi connectivity index (χ1n) is 3.41. The highest BCUT2D eigenvalue weighted by Crippen LogP contribution is 2.33. The summed E-state index contributed by atoms with van der Waals surface area (Å²) in [7, 11) is 0. The molecule has 2 N–H and O–H groups in total. The van der Waals surface area contributed by atoms with Crippen molar-refractivity contribution in [2.24, 2.45) is 0 Å². The van der Waals surface area contributed by atoms with Crippen LogP contribution in [0.3, 0.4) is 0 Å². The number of amides is 1. The lowest BCUT2D eigenvalue weighted by Gasteiger charge is -2.11. The number of carbonyl (C=O) groups is 2. The predicted octanol–water partition coefficient (Wildman–Crippen LogP) is 1.81. The van der Waals surface area contributed by atoms with Crippen molar-refractivity contribution in [3.63, 3.8) is 0 Å². The number of nitrogens with one attached hydrogen (secondary N) is 1. The summed E-state index contributed by atoms with van der Waals surface area (Å²) in [5.41, 5.74) is 0. The van der Waals surface area contributed by atoms with E-state index >= 15 is 0 Å². The van der Waals surface area contributed by atoms with Gasteiger partial charge in [-0.3, -0.25) is 9.59 Å². The van der Waals surface area contributed by atoms with Crippen molar-refractivity contribution in [1.29, 1.82) is 0 Å². The zero-order valence-corrected chi connectivity index (χ0v) is 11.3. The van der Waals surface area contributed by atoms with Gasteiger partial charge in [-0.15, -0.1) is 0 Å². The van der Waals surface area contributed by atoms with Gasteiger partial charge >= 0.3 is 5.97 Å². The second-order valence-corrected chi connectivity index (χ2v) is 9.01. The lowest BCUT2D eigenvalue weighted by Crippen LogP contribution is -2.34. The van der Waals surface area contributed by atoms with E-state index in [0.29, 0.717) is 13.0 Å². The van der Waals surface area contributed by atoms with Crippen molar-refractivity contribution >= 4 is 59.7 Å². The number of aliphatic carboxylic acids is 1. The van der Waals surface area contributed by atoms with E-state index in [1.807, 2.05) is 0 Å². The molecule has 7 heteroatoms. The summed E-state index contributed by atoms with van der Waals surface area (Å²) < 4.78 is -0.962. The van der Waals surface area contributed by atoms with E-state index in [4.69, 9.17) is 5.11 Å². The topological polar surface area (TPSA) is 66.4 Å².